The van der Waals surface area contributed by atoms with Crippen molar-refractivity contribution in [1.82, 2.24) is 4.98 Å². The maximum absolute atomic E-state index is 14.2. The normalized spacial score (nSPS) is 18.6. The molecule has 4 rings (SSSR count). The van der Waals surface area contributed by atoms with Crippen LogP contribution in [0.15, 0.2) is 36.2 Å². The molecule has 2 aromatic rings. The first kappa shape index (κ1) is 23.2. The van der Waals surface area contributed by atoms with E-state index in [9.17, 15) is 27.5 Å². The number of aliphatic hydroxyl groups is 1. The maximum Gasteiger partial charge on any atom is 0.417 e. The predicted octanol–water partition coefficient (Wildman–Crippen LogP) is 6.02. The molecule has 1 spiro atoms. The lowest BCUT2D eigenvalue weighted by molar-refractivity contribution is -0.138. The van der Waals surface area contributed by atoms with Gasteiger partial charge in [0.05, 0.1) is 11.1 Å². The fourth-order valence-electron chi connectivity index (χ4n) is 4.49. The van der Waals surface area contributed by atoms with E-state index in [-0.39, 0.29) is 28.3 Å². The summed E-state index contributed by atoms with van der Waals surface area (Å²) in [6.45, 7) is 2.98. The van der Waals surface area contributed by atoms with Crippen molar-refractivity contribution in [2.75, 3.05) is 13.2 Å². The molecule has 33 heavy (non-hydrogen) atoms. The van der Waals surface area contributed by atoms with Gasteiger partial charge in [0.25, 0.3) is 5.88 Å². The number of Topliss-reactive ketones (excluding diaryl/α,β-unsaturated/α-hetero) is 1. The highest BCUT2D eigenvalue weighted by Gasteiger charge is 2.42. The van der Waals surface area contributed by atoms with Crippen molar-refractivity contribution in [1.29, 1.82) is 0 Å². The van der Waals surface area contributed by atoms with Crippen LogP contribution in [0.3, 0.4) is 0 Å². The standard InChI is InChI=1S/C24H23F4NO4/c1-2-14-3-4-16(33-22-18(25)9-15(13-29-22)24(26,27)28)10-17(14)21-19(30)11-23(12-20(21)31)5-7-32-8-6-23/h3-4,9-10,13,30H,2,5-8,11-12H2,1H3. The third-order valence-electron chi connectivity index (χ3n) is 6.28. The predicted molar refractivity (Wildman–Crippen MR) is 111 cm³/mol. The van der Waals surface area contributed by atoms with Gasteiger partial charge < -0.3 is 14.6 Å². The van der Waals surface area contributed by atoms with Crippen LogP contribution >= 0.6 is 0 Å². The first-order chi connectivity index (χ1) is 15.6. The van der Waals surface area contributed by atoms with Gasteiger partial charge in [-0.25, -0.2) is 9.37 Å². The Morgan fingerprint density at radius 2 is 1.91 bits per heavy atom. The Morgan fingerprint density at radius 3 is 2.52 bits per heavy atom. The molecule has 0 bridgehead atoms. The number of carbonyl (C=O) groups is 1. The van der Waals surface area contributed by atoms with E-state index in [1.165, 1.54) is 12.1 Å². The van der Waals surface area contributed by atoms with E-state index in [1.54, 1.807) is 6.07 Å². The average molecular weight is 465 g/mol. The summed E-state index contributed by atoms with van der Waals surface area (Å²) in [6.07, 6.45) is -1.63. The molecule has 0 atom stereocenters. The first-order valence-electron chi connectivity index (χ1n) is 10.7. The third kappa shape index (κ3) is 4.73. The van der Waals surface area contributed by atoms with Gasteiger partial charge in [-0.2, -0.15) is 13.2 Å². The number of aliphatic hydroxyl groups excluding tert-OH is 1. The number of aromatic nitrogens is 1. The molecule has 9 heteroatoms. The van der Waals surface area contributed by atoms with Crippen LogP contribution in [0, 0.1) is 11.2 Å². The molecule has 1 aliphatic heterocycles. The van der Waals surface area contributed by atoms with Gasteiger partial charge in [0.1, 0.15) is 11.5 Å². The molecule has 1 N–H and O–H groups in total. The van der Waals surface area contributed by atoms with Crippen LogP contribution in [0.5, 0.6) is 11.6 Å². The molecule has 0 unspecified atom stereocenters. The fourth-order valence-corrected chi connectivity index (χ4v) is 4.49. The third-order valence-corrected chi connectivity index (χ3v) is 6.28. The number of aryl methyl sites for hydroxylation is 1. The van der Waals surface area contributed by atoms with Gasteiger partial charge in [-0.1, -0.05) is 13.0 Å². The number of halogens is 4. The molecule has 176 valence electrons. The van der Waals surface area contributed by atoms with E-state index in [1.807, 2.05) is 6.92 Å². The number of carbonyl (C=O) groups excluding carboxylic acids is 1. The van der Waals surface area contributed by atoms with Crippen molar-refractivity contribution in [2.45, 2.75) is 45.2 Å². The Kier molecular flexibility index (Phi) is 6.18. The molecule has 0 amide bonds. The Balaban J connectivity index is 1.67. The largest absolute Gasteiger partial charge is 0.512 e. The summed E-state index contributed by atoms with van der Waals surface area (Å²) in [4.78, 5) is 16.6. The summed E-state index contributed by atoms with van der Waals surface area (Å²) >= 11 is 0. The summed E-state index contributed by atoms with van der Waals surface area (Å²) in [5.41, 5.74) is -0.0845. The fraction of sp³-hybridized carbons (Fsp3) is 0.417. The summed E-state index contributed by atoms with van der Waals surface area (Å²) in [5.74, 6) is -1.98. The van der Waals surface area contributed by atoms with Crippen LogP contribution in [0.2, 0.25) is 0 Å². The van der Waals surface area contributed by atoms with Crippen molar-refractivity contribution < 1.29 is 36.9 Å². The highest BCUT2D eigenvalue weighted by Crippen LogP contribution is 2.47. The van der Waals surface area contributed by atoms with Crippen molar-refractivity contribution in [3.8, 4) is 11.6 Å². The number of rotatable bonds is 4. The summed E-state index contributed by atoms with van der Waals surface area (Å²) in [7, 11) is 0. The van der Waals surface area contributed by atoms with Crippen molar-refractivity contribution in [3.63, 3.8) is 0 Å². The molecule has 1 aromatic heterocycles. The monoisotopic (exact) mass is 465 g/mol. The molecule has 1 fully saturated rings. The van der Waals surface area contributed by atoms with Gasteiger partial charge in [0.15, 0.2) is 11.6 Å². The SMILES string of the molecule is CCc1ccc(Oc2ncc(C(F)(F)F)cc2F)cc1C1=C(O)CC2(CCOCC2)CC1=O. The van der Waals surface area contributed by atoms with E-state index in [2.05, 4.69) is 4.98 Å². The number of allylic oxidation sites excluding steroid dienone is 2. The highest BCUT2D eigenvalue weighted by molar-refractivity contribution is 6.22. The maximum atomic E-state index is 14.2. The van der Waals surface area contributed by atoms with E-state index in [0.29, 0.717) is 63.1 Å². The number of hydrogen-bond acceptors (Lipinski definition) is 5. The van der Waals surface area contributed by atoms with Crippen LogP contribution in [-0.4, -0.2) is 29.1 Å². The van der Waals surface area contributed by atoms with Crippen molar-refractivity contribution >= 4 is 11.4 Å². The van der Waals surface area contributed by atoms with Gasteiger partial charge in [0, 0.05) is 32.3 Å². The molecule has 1 aliphatic carbocycles. The molecule has 2 heterocycles. The van der Waals surface area contributed by atoms with E-state index in [4.69, 9.17) is 9.47 Å². The summed E-state index contributed by atoms with van der Waals surface area (Å²) in [6, 6.07) is 5.00. The molecule has 0 saturated carbocycles. The minimum absolute atomic E-state index is 0.00108. The number of ketones is 1. The van der Waals surface area contributed by atoms with Gasteiger partial charge in [-0.3, -0.25) is 4.79 Å². The second-order valence-electron chi connectivity index (χ2n) is 8.49. The second-order valence-corrected chi connectivity index (χ2v) is 8.49. The van der Waals surface area contributed by atoms with Crippen molar-refractivity contribution in [2.24, 2.45) is 5.41 Å². The lowest BCUT2D eigenvalue weighted by Crippen LogP contribution is -2.36. The molecule has 5 nitrogen and oxygen atoms in total. The zero-order valence-corrected chi connectivity index (χ0v) is 18.0. The summed E-state index contributed by atoms with van der Waals surface area (Å²) in [5, 5.41) is 10.9. The van der Waals surface area contributed by atoms with Gasteiger partial charge in [-0.15, -0.1) is 0 Å². The Labute approximate surface area is 188 Å². The van der Waals surface area contributed by atoms with Gasteiger partial charge >= 0.3 is 6.18 Å². The topological polar surface area (TPSA) is 68.7 Å². The quantitative estimate of drug-likeness (QED) is 0.559. The zero-order valence-electron chi connectivity index (χ0n) is 18.0. The van der Waals surface area contributed by atoms with Crippen LogP contribution < -0.4 is 4.74 Å². The lowest BCUT2D eigenvalue weighted by atomic mass is 9.67. The lowest BCUT2D eigenvalue weighted by Gasteiger charge is -2.39. The molecular weight excluding hydrogens is 442 g/mol. The molecule has 0 radical (unpaired) electrons. The van der Waals surface area contributed by atoms with Gasteiger partial charge in [-0.05, 0) is 54.0 Å². The number of alkyl halides is 3. The Morgan fingerprint density at radius 1 is 1.18 bits per heavy atom. The Hall–Kier alpha value is -2.94. The summed E-state index contributed by atoms with van der Waals surface area (Å²) < 4.78 is 63.3. The zero-order chi connectivity index (χ0) is 23.8. The van der Waals surface area contributed by atoms with Crippen LogP contribution in [0.4, 0.5) is 17.6 Å². The number of pyridine rings is 1. The minimum atomic E-state index is -4.73. The van der Waals surface area contributed by atoms with Gasteiger partial charge in [0.2, 0.25) is 0 Å². The number of benzene rings is 1. The highest BCUT2D eigenvalue weighted by atomic mass is 19.4. The van der Waals surface area contributed by atoms with E-state index < -0.39 is 23.4 Å². The molecular formula is C24H23F4NO4. The number of ether oxygens (including phenoxy) is 2. The molecule has 1 saturated heterocycles. The van der Waals surface area contributed by atoms with E-state index in [0.717, 1.165) is 5.56 Å². The van der Waals surface area contributed by atoms with Crippen LogP contribution in [0.25, 0.3) is 5.57 Å². The molecule has 2 aliphatic rings. The molecule has 1 aromatic carbocycles. The average Bonchev–Trinajstić information content (AvgIpc) is 2.74. The van der Waals surface area contributed by atoms with Crippen LogP contribution in [0.1, 0.15) is 49.3 Å². The van der Waals surface area contributed by atoms with E-state index >= 15 is 0 Å². The Bertz CT molecular complexity index is 1100. The minimum Gasteiger partial charge on any atom is -0.512 e. The smallest absolute Gasteiger partial charge is 0.417 e. The number of nitrogens with zero attached hydrogens (tertiary/aromatic N) is 1. The second kappa shape index (κ2) is 8.78. The van der Waals surface area contributed by atoms with Crippen LogP contribution in [-0.2, 0) is 22.1 Å². The first-order valence-corrected chi connectivity index (χ1v) is 10.7. The van der Waals surface area contributed by atoms with Crippen molar-refractivity contribution in [3.05, 3.63) is 58.7 Å². The number of hydrogen-bond donors (Lipinski definition) is 1.